The number of hydrogen-bond donors (Lipinski definition) is 2. The number of amides is 3. The second-order valence-corrected chi connectivity index (χ2v) is 6.72. The first-order chi connectivity index (χ1) is 13.0. The number of carbonyl (C=O) groups excluding carboxylic acids is 3. The van der Waals surface area contributed by atoms with Gasteiger partial charge in [0.25, 0.3) is 0 Å². The fourth-order valence-corrected chi connectivity index (χ4v) is 3.25. The van der Waals surface area contributed by atoms with Crippen molar-refractivity contribution in [1.29, 1.82) is 0 Å². The Morgan fingerprint density at radius 3 is 2.70 bits per heavy atom. The van der Waals surface area contributed by atoms with Crippen molar-refractivity contribution in [1.82, 2.24) is 14.9 Å². The summed E-state index contributed by atoms with van der Waals surface area (Å²) in [6.45, 7) is 2.54. The molecular weight excluding hydrogens is 346 g/mol. The van der Waals surface area contributed by atoms with E-state index in [-0.39, 0.29) is 17.3 Å². The molecule has 0 aliphatic carbocycles. The van der Waals surface area contributed by atoms with E-state index in [2.05, 4.69) is 22.2 Å². The van der Waals surface area contributed by atoms with Crippen molar-refractivity contribution in [3.05, 3.63) is 54.1 Å². The van der Waals surface area contributed by atoms with Gasteiger partial charge in [-0.3, -0.25) is 24.4 Å². The van der Waals surface area contributed by atoms with Crippen LogP contribution >= 0.6 is 0 Å². The van der Waals surface area contributed by atoms with Gasteiger partial charge in [0.1, 0.15) is 0 Å². The lowest BCUT2D eigenvalue weighted by atomic mass is 9.90. The first-order valence-electron chi connectivity index (χ1n) is 8.72. The first-order valence-corrected chi connectivity index (χ1v) is 8.72. The van der Waals surface area contributed by atoms with Crippen LogP contribution in [0.25, 0.3) is 0 Å². The van der Waals surface area contributed by atoms with E-state index in [4.69, 9.17) is 5.73 Å². The van der Waals surface area contributed by atoms with Crippen molar-refractivity contribution < 1.29 is 14.4 Å². The smallest absolute Gasteiger partial charge is 0.313 e. The predicted molar refractivity (Wildman–Crippen MR) is 98.5 cm³/mol. The Morgan fingerprint density at radius 1 is 1.19 bits per heavy atom. The molecule has 3 N–H and O–H groups in total. The molecule has 3 rings (SSSR count). The Morgan fingerprint density at radius 2 is 2.00 bits per heavy atom. The number of likely N-dealkylation sites (tertiary alicyclic amines) is 1. The molecule has 0 aromatic carbocycles. The Hall–Kier alpha value is -3.29. The van der Waals surface area contributed by atoms with Gasteiger partial charge in [-0.1, -0.05) is 13.0 Å². The van der Waals surface area contributed by atoms with Gasteiger partial charge in [-0.15, -0.1) is 0 Å². The molecule has 2 aromatic rings. The number of nitrogens with zero attached hydrogens (tertiary/aromatic N) is 3. The molecule has 0 radical (unpaired) electrons. The van der Waals surface area contributed by atoms with E-state index in [1.54, 1.807) is 17.3 Å². The maximum Gasteiger partial charge on any atom is 0.313 e. The second-order valence-electron chi connectivity index (χ2n) is 6.72. The molecule has 3 heterocycles. The zero-order valence-corrected chi connectivity index (χ0v) is 15.0. The number of aromatic nitrogens is 2. The van der Waals surface area contributed by atoms with Gasteiger partial charge in [-0.2, -0.15) is 0 Å². The highest BCUT2D eigenvalue weighted by Crippen LogP contribution is 2.33. The molecule has 140 valence electrons. The van der Waals surface area contributed by atoms with Crippen LogP contribution in [0.3, 0.4) is 0 Å². The van der Waals surface area contributed by atoms with Crippen molar-refractivity contribution in [2.24, 2.45) is 11.7 Å². The van der Waals surface area contributed by atoms with Gasteiger partial charge in [-0.25, -0.2) is 0 Å². The molecule has 3 amide bonds. The van der Waals surface area contributed by atoms with Gasteiger partial charge in [0.15, 0.2) is 0 Å². The van der Waals surface area contributed by atoms with Crippen LogP contribution in [0.1, 0.15) is 41.7 Å². The number of carbonyl (C=O) groups is 3. The Labute approximate surface area is 156 Å². The maximum absolute atomic E-state index is 12.8. The normalized spacial score (nSPS) is 19.4. The molecule has 8 heteroatoms. The highest BCUT2D eigenvalue weighted by Gasteiger charge is 2.34. The number of pyridine rings is 2. The van der Waals surface area contributed by atoms with E-state index in [0.29, 0.717) is 12.5 Å². The number of nitrogens with one attached hydrogen (secondary N) is 1. The Balaban J connectivity index is 1.78. The summed E-state index contributed by atoms with van der Waals surface area (Å²) >= 11 is 0. The number of nitrogens with two attached hydrogens (primary N) is 1. The molecule has 1 saturated heterocycles. The molecule has 0 spiro atoms. The van der Waals surface area contributed by atoms with Crippen LogP contribution in [0.4, 0.5) is 5.69 Å². The van der Waals surface area contributed by atoms with Crippen molar-refractivity contribution in [3.8, 4) is 0 Å². The zero-order chi connectivity index (χ0) is 19.4. The molecule has 1 fully saturated rings. The van der Waals surface area contributed by atoms with Gasteiger partial charge in [0.2, 0.25) is 5.91 Å². The summed E-state index contributed by atoms with van der Waals surface area (Å²) in [4.78, 5) is 46.2. The summed E-state index contributed by atoms with van der Waals surface area (Å²) < 4.78 is 0. The zero-order valence-electron chi connectivity index (χ0n) is 15.0. The Bertz CT molecular complexity index is 855. The van der Waals surface area contributed by atoms with Crippen molar-refractivity contribution >= 4 is 23.4 Å². The summed E-state index contributed by atoms with van der Waals surface area (Å²) in [5.74, 6) is -1.76. The number of piperidine rings is 1. The van der Waals surface area contributed by atoms with Gasteiger partial charge >= 0.3 is 11.8 Å². The Kier molecular flexibility index (Phi) is 5.44. The van der Waals surface area contributed by atoms with Crippen LogP contribution in [-0.2, 0) is 9.59 Å². The predicted octanol–water partition coefficient (Wildman–Crippen LogP) is 1.51. The van der Waals surface area contributed by atoms with Crippen molar-refractivity contribution in [2.45, 2.75) is 25.8 Å². The molecule has 8 nitrogen and oxygen atoms in total. The molecule has 27 heavy (non-hydrogen) atoms. The second kappa shape index (κ2) is 7.94. The molecule has 1 aliphatic rings. The van der Waals surface area contributed by atoms with Crippen molar-refractivity contribution in [2.75, 3.05) is 11.9 Å². The van der Waals surface area contributed by atoms with E-state index >= 15 is 0 Å². The minimum atomic E-state index is -0.776. The third-order valence-electron chi connectivity index (χ3n) is 4.62. The summed E-state index contributed by atoms with van der Waals surface area (Å²) in [6, 6.07) is 4.92. The molecule has 2 atom stereocenters. The number of anilines is 1. The van der Waals surface area contributed by atoms with E-state index in [9.17, 15) is 14.4 Å². The van der Waals surface area contributed by atoms with Crippen molar-refractivity contribution in [3.63, 3.8) is 0 Å². The fraction of sp³-hybridized carbons (Fsp3) is 0.316. The number of hydrogen-bond acceptors (Lipinski definition) is 5. The van der Waals surface area contributed by atoms with Gasteiger partial charge in [0, 0.05) is 25.1 Å². The third kappa shape index (κ3) is 4.28. The van der Waals surface area contributed by atoms with E-state index < -0.39 is 17.7 Å². The van der Waals surface area contributed by atoms with Crippen LogP contribution in [0.15, 0.2) is 43.0 Å². The lowest BCUT2D eigenvalue weighted by Crippen LogP contribution is -2.46. The average Bonchev–Trinajstić information content (AvgIpc) is 2.68. The molecule has 0 saturated carbocycles. The highest BCUT2D eigenvalue weighted by atomic mass is 16.2. The van der Waals surface area contributed by atoms with E-state index in [1.807, 2.05) is 12.1 Å². The summed E-state index contributed by atoms with van der Waals surface area (Å²) in [5.41, 5.74) is 6.52. The molecule has 0 unspecified atom stereocenters. The first kappa shape index (κ1) is 18.5. The molecule has 1 aliphatic heterocycles. The fourth-order valence-electron chi connectivity index (χ4n) is 3.25. The number of rotatable bonds is 3. The topological polar surface area (TPSA) is 118 Å². The number of primary amides is 1. The van der Waals surface area contributed by atoms with Crippen LogP contribution in [0.2, 0.25) is 0 Å². The van der Waals surface area contributed by atoms with E-state index in [1.165, 1.54) is 18.5 Å². The van der Waals surface area contributed by atoms with Gasteiger partial charge in [0.05, 0.1) is 23.5 Å². The average molecular weight is 367 g/mol. The molecule has 0 bridgehead atoms. The van der Waals surface area contributed by atoms with Gasteiger partial charge < -0.3 is 16.0 Å². The molecular formula is C19H21N5O3. The SMILES string of the molecule is C[C@H]1CC[C@@H](c2cccnc2)N(C(=O)C(=O)Nc2cncc(C(N)=O)c2)C1. The summed E-state index contributed by atoms with van der Waals surface area (Å²) in [5, 5.41) is 2.51. The molecule has 2 aromatic heterocycles. The van der Waals surface area contributed by atoms with Crippen LogP contribution < -0.4 is 11.1 Å². The minimum Gasteiger partial charge on any atom is -0.366 e. The lowest BCUT2D eigenvalue weighted by molar-refractivity contribution is -0.146. The maximum atomic E-state index is 12.8. The van der Waals surface area contributed by atoms with Gasteiger partial charge in [-0.05, 0) is 36.5 Å². The summed E-state index contributed by atoms with van der Waals surface area (Å²) in [6.07, 6.45) is 7.78. The standard InChI is InChI=1S/C19H21N5O3/c1-12-4-5-16(13-3-2-6-21-8-13)24(11-12)19(27)18(26)23-15-7-14(17(20)25)9-22-10-15/h2-3,6-10,12,16H,4-5,11H2,1H3,(H2,20,25)(H,23,26)/t12-,16-/m0/s1. The third-order valence-corrected chi connectivity index (χ3v) is 4.62. The minimum absolute atomic E-state index is 0.153. The van der Waals surface area contributed by atoms with Crippen LogP contribution in [-0.4, -0.2) is 39.1 Å². The monoisotopic (exact) mass is 367 g/mol. The van der Waals surface area contributed by atoms with E-state index in [0.717, 1.165) is 18.4 Å². The van der Waals surface area contributed by atoms with Crippen LogP contribution in [0, 0.1) is 5.92 Å². The lowest BCUT2D eigenvalue weighted by Gasteiger charge is -2.38. The summed E-state index contributed by atoms with van der Waals surface area (Å²) in [7, 11) is 0. The highest BCUT2D eigenvalue weighted by molar-refractivity contribution is 6.39. The largest absolute Gasteiger partial charge is 0.366 e. The quantitative estimate of drug-likeness (QED) is 0.797. The van der Waals surface area contributed by atoms with Crippen LogP contribution in [0.5, 0.6) is 0 Å².